The lowest BCUT2D eigenvalue weighted by atomic mass is 10.0. The number of likely N-dealkylation sites (tertiary alicyclic amines) is 1. The lowest BCUT2D eigenvalue weighted by molar-refractivity contribution is 0.211. The number of nitriles is 1. The third-order valence-electron chi connectivity index (χ3n) is 6.51. The number of aromatic amines is 1. The van der Waals surface area contributed by atoms with E-state index in [0.29, 0.717) is 18.3 Å². The molecule has 0 unspecified atom stereocenters. The normalized spacial score (nSPS) is 15.1. The van der Waals surface area contributed by atoms with E-state index in [-0.39, 0.29) is 0 Å². The van der Waals surface area contributed by atoms with Crippen molar-refractivity contribution in [1.82, 2.24) is 24.6 Å². The van der Waals surface area contributed by atoms with Crippen molar-refractivity contribution in [2.45, 2.75) is 38.9 Å². The molecule has 1 fully saturated rings. The van der Waals surface area contributed by atoms with Crippen LogP contribution in [-0.4, -0.2) is 43.8 Å². The molecule has 5 rings (SSSR count). The molecule has 0 radical (unpaired) electrons. The zero-order valence-corrected chi connectivity index (χ0v) is 18.3. The van der Waals surface area contributed by atoms with Crippen LogP contribution in [0.1, 0.15) is 35.2 Å². The van der Waals surface area contributed by atoms with Gasteiger partial charge in [-0.3, -0.25) is 15.0 Å². The van der Waals surface area contributed by atoms with Gasteiger partial charge in [0.1, 0.15) is 11.8 Å². The highest BCUT2D eigenvalue weighted by molar-refractivity contribution is 5.86. The van der Waals surface area contributed by atoms with Crippen LogP contribution in [0.25, 0.3) is 10.9 Å². The molecule has 4 heterocycles. The molecular formula is C25H27N7. The summed E-state index contributed by atoms with van der Waals surface area (Å²) >= 11 is 0. The van der Waals surface area contributed by atoms with Crippen molar-refractivity contribution in [2.24, 2.45) is 0 Å². The molecule has 1 aliphatic rings. The monoisotopic (exact) mass is 425 g/mol. The smallest absolute Gasteiger partial charge is 0.121 e. The van der Waals surface area contributed by atoms with Gasteiger partial charge in [0.05, 0.1) is 12.7 Å². The van der Waals surface area contributed by atoms with E-state index >= 15 is 0 Å². The fourth-order valence-corrected chi connectivity index (χ4v) is 4.66. The average Bonchev–Trinajstić information content (AvgIpc) is 3.46. The number of aryl methyl sites for hydroxylation is 1. The van der Waals surface area contributed by atoms with Crippen LogP contribution >= 0.6 is 0 Å². The lowest BCUT2D eigenvalue weighted by Crippen LogP contribution is -2.38. The van der Waals surface area contributed by atoms with Gasteiger partial charge in [0.25, 0.3) is 0 Å². The first kappa shape index (κ1) is 20.3. The second-order valence-corrected chi connectivity index (χ2v) is 8.55. The van der Waals surface area contributed by atoms with Crippen molar-refractivity contribution in [2.75, 3.05) is 18.4 Å². The lowest BCUT2D eigenvalue weighted by Gasteiger charge is -2.33. The highest BCUT2D eigenvalue weighted by atomic mass is 15.1. The Morgan fingerprint density at radius 3 is 2.69 bits per heavy atom. The first-order chi connectivity index (χ1) is 15.7. The van der Waals surface area contributed by atoms with Crippen molar-refractivity contribution in [3.8, 4) is 6.07 Å². The van der Waals surface area contributed by atoms with Gasteiger partial charge in [-0.05, 0) is 55.2 Å². The van der Waals surface area contributed by atoms with Crippen LogP contribution in [0.3, 0.4) is 0 Å². The minimum atomic E-state index is 0.507. The summed E-state index contributed by atoms with van der Waals surface area (Å²) in [6, 6.07) is 13.3. The molecular weight excluding hydrogens is 398 g/mol. The van der Waals surface area contributed by atoms with Crippen LogP contribution in [0.5, 0.6) is 0 Å². The second kappa shape index (κ2) is 8.85. The molecule has 7 nitrogen and oxygen atoms in total. The summed E-state index contributed by atoms with van der Waals surface area (Å²) in [7, 11) is 0. The predicted octanol–water partition coefficient (Wildman–Crippen LogP) is 4.06. The Morgan fingerprint density at radius 1 is 1.16 bits per heavy atom. The molecule has 4 aromatic rings. The Morgan fingerprint density at radius 2 is 1.97 bits per heavy atom. The number of pyridine rings is 1. The Balaban J connectivity index is 1.29. The van der Waals surface area contributed by atoms with Crippen LogP contribution in [0.4, 0.5) is 5.69 Å². The Hall–Kier alpha value is -3.63. The third kappa shape index (κ3) is 4.10. The number of hydrogen-bond acceptors (Lipinski definition) is 5. The van der Waals surface area contributed by atoms with Crippen LogP contribution < -0.4 is 5.32 Å². The van der Waals surface area contributed by atoms with E-state index in [4.69, 9.17) is 0 Å². The van der Waals surface area contributed by atoms with Gasteiger partial charge in [-0.1, -0.05) is 6.07 Å². The molecule has 0 bridgehead atoms. The molecule has 162 valence electrons. The zero-order valence-electron chi connectivity index (χ0n) is 18.3. The number of aromatic nitrogens is 4. The van der Waals surface area contributed by atoms with E-state index in [0.717, 1.165) is 54.6 Å². The number of H-pyrrole nitrogens is 1. The van der Waals surface area contributed by atoms with Crippen LogP contribution in [0, 0.1) is 18.3 Å². The summed E-state index contributed by atoms with van der Waals surface area (Å²) in [5.74, 6) is 0. The van der Waals surface area contributed by atoms with Crippen molar-refractivity contribution in [1.29, 1.82) is 5.26 Å². The molecule has 0 atom stereocenters. The molecule has 3 aromatic heterocycles. The molecule has 2 N–H and O–H groups in total. The van der Waals surface area contributed by atoms with E-state index in [1.54, 1.807) is 6.20 Å². The second-order valence-electron chi connectivity index (χ2n) is 8.55. The van der Waals surface area contributed by atoms with E-state index in [1.165, 1.54) is 11.1 Å². The van der Waals surface area contributed by atoms with E-state index in [2.05, 4.69) is 55.1 Å². The maximum Gasteiger partial charge on any atom is 0.121 e. The van der Waals surface area contributed by atoms with Gasteiger partial charge >= 0.3 is 0 Å². The molecule has 32 heavy (non-hydrogen) atoms. The topological polar surface area (TPSA) is 85.6 Å². The van der Waals surface area contributed by atoms with Gasteiger partial charge in [0, 0.05) is 66.4 Å². The van der Waals surface area contributed by atoms with Gasteiger partial charge in [0.2, 0.25) is 0 Å². The van der Waals surface area contributed by atoms with Gasteiger partial charge in [-0.25, -0.2) is 0 Å². The largest absolute Gasteiger partial charge is 0.382 e. The number of rotatable bonds is 6. The quantitative estimate of drug-likeness (QED) is 0.486. The standard InChI is InChI=1S/C25H27N7/c1-18-20(17-31-10-6-22(7-11-31)30-21-4-8-27-9-5-21)2-3-25-24(18)12-23(13-26)32(25)16-19-14-28-29-15-19/h2-5,8-9,12,14-15,22H,6-7,10-11,16-17H2,1H3,(H,27,30)(H,28,29). The van der Waals surface area contributed by atoms with Crippen LogP contribution in [-0.2, 0) is 13.1 Å². The molecule has 0 spiro atoms. The Kier molecular flexibility index (Phi) is 5.61. The van der Waals surface area contributed by atoms with E-state index < -0.39 is 0 Å². The summed E-state index contributed by atoms with van der Waals surface area (Å²) in [6.45, 7) is 5.91. The van der Waals surface area contributed by atoms with Gasteiger partial charge < -0.3 is 9.88 Å². The Bertz CT molecular complexity index is 1230. The van der Waals surface area contributed by atoms with Gasteiger partial charge in [0.15, 0.2) is 0 Å². The fraction of sp³-hybridized carbons (Fsp3) is 0.320. The number of nitrogens with zero attached hydrogens (tertiary/aromatic N) is 5. The van der Waals surface area contributed by atoms with Crippen LogP contribution in [0.2, 0.25) is 0 Å². The molecule has 0 amide bonds. The number of benzene rings is 1. The first-order valence-corrected chi connectivity index (χ1v) is 11.1. The van der Waals surface area contributed by atoms with E-state index in [1.807, 2.05) is 36.8 Å². The number of nitrogens with one attached hydrogen (secondary N) is 2. The fourth-order valence-electron chi connectivity index (χ4n) is 4.66. The zero-order chi connectivity index (χ0) is 21.9. The summed E-state index contributed by atoms with van der Waals surface area (Å²) in [4.78, 5) is 6.62. The molecule has 0 aliphatic carbocycles. The Labute approximate surface area is 187 Å². The number of fused-ring (bicyclic) bond motifs is 1. The van der Waals surface area contributed by atoms with Crippen molar-refractivity contribution in [3.63, 3.8) is 0 Å². The van der Waals surface area contributed by atoms with E-state index in [9.17, 15) is 5.26 Å². The highest BCUT2D eigenvalue weighted by Crippen LogP contribution is 2.28. The summed E-state index contributed by atoms with van der Waals surface area (Å²) in [5.41, 5.74) is 6.59. The minimum Gasteiger partial charge on any atom is -0.382 e. The highest BCUT2D eigenvalue weighted by Gasteiger charge is 2.20. The molecule has 1 aliphatic heterocycles. The summed E-state index contributed by atoms with van der Waals surface area (Å²) < 4.78 is 2.08. The maximum atomic E-state index is 9.69. The third-order valence-corrected chi connectivity index (χ3v) is 6.51. The first-order valence-electron chi connectivity index (χ1n) is 11.1. The van der Waals surface area contributed by atoms with Gasteiger partial charge in [-0.15, -0.1) is 0 Å². The predicted molar refractivity (Wildman–Crippen MR) is 125 cm³/mol. The van der Waals surface area contributed by atoms with Crippen molar-refractivity contribution < 1.29 is 0 Å². The molecule has 7 heteroatoms. The summed E-state index contributed by atoms with van der Waals surface area (Å²) in [5, 5.41) is 21.4. The van der Waals surface area contributed by atoms with Crippen molar-refractivity contribution in [3.05, 3.63) is 77.5 Å². The maximum absolute atomic E-state index is 9.69. The minimum absolute atomic E-state index is 0.507. The number of hydrogen-bond donors (Lipinski definition) is 2. The SMILES string of the molecule is Cc1c(CN2CCC(Nc3ccncc3)CC2)ccc2c1cc(C#N)n2Cc1cn[nH]c1. The molecule has 0 saturated carbocycles. The van der Waals surface area contributed by atoms with Gasteiger partial charge in [-0.2, -0.15) is 10.4 Å². The molecule has 1 saturated heterocycles. The van der Waals surface area contributed by atoms with Crippen LogP contribution in [0.15, 0.2) is 55.1 Å². The molecule has 1 aromatic carbocycles. The number of piperidine rings is 1. The van der Waals surface area contributed by atoms with Crippen molar-refractivity contribution >= 4 is 16.6 Å². The number of anilines is 1. The average molecular weight is 426 g/mol. The summed E-state index contributed by atoms with van der Waals surface area (Å²) in [6.07, 6.45) is 9.60.